The van der Waals surface area contributed by atoms with Crippen molar-refractivity contribution < 1.29 is 19.1 Å². The maximum atomic E-state index is 12.8. The maximum absolute atomic E-state index is 12.8. The summed E-state index contributed by atoms with van der Waals surface area (Å²) in [6.45, 7) is 1.50. The number of likely N-dealkylation sites (tertiary alicyclic amines) is 1. The lowest BCUT2D eigenvalue weighted by molar-refractivity contribution is -0.135. The Morgan fingerprint density at radius 1 is 1.06 bits per heavy atom. The van der Waals surface area contributed by atoms with E-state index in [1.165, 1.54) is 0 Å². The summed E-state index contributed by atoms with van der Waals surface area (Å²) in [5, 5.41) is 0.228. The number of benzene rings is 2. The molecule has 2 aliphatic rings. The second-order valence-corrected chi connectivity index (χ2v) is 8.74. The molecule has 2 heterocycles. The average Bonchev–Trinajstić information content (AvgIpc) is 3.39. The predicted molar refractivity (Wildman–Crippen MR) is 121 cm³/mol. The van der Waals surface area contributed by atoms with Gasteiger partial charge in [0.15, 0.2) is 0 Å². The van der Waals surface area contributed by atoms with Crippen LogP contribution < -0.4 is 4.74 Å². The van der Waals surface area contributed by atoms with E-state index in [4.69, 9.17) is 16.3 Å². The second-order valence-electron chi connectivity index (χ2n) is 7.31. The summed E-state index contributed by atoms with van der Waals surface area (Å²) in [5.74, 6) is -0.0415. The molecule has 2 fully saturated rings. The number of hydrogen-bond donors (Lipinski definition) is 0. The summed E-state index contributed by atoms with van der Waals surface area (Å²) in [5.41, 5.74) is 1.65. The third-order valence-corrected chi connectivity index (χ3v) is 6.30. The van der Waals surface area contributed by atoms with Crippen molar-refractivity contribution in [3.63, 3.8) is 0 Å². The molecule has 2 aromatic rings. The Labute approximate surface area is 189 Å². The average molecular weight is 457 g/mol. The fourth-order valence-electron chi connectivity index (χ4n) is 3.45. The van der Waals surface area contributed by atoms with Gasteiger partial charge in [-0.25, -0.2) is 0 Å². The van der Waals surface area contributed by atoms with Crippen LogP contribution in [0.2, 0.25) is 5.02 Å². The first-order chi connectivity index (χ1) is 15.0. The normalized spacial score (nSPS) is 17.6. The molecular formula is C23H21ClN2O4S. The molecule has 0 bridgehead atoms. The van der Waals surface area contributed by atoms with E-state index in [2.05, 4.69) is 0 Å². The highest BCUT2D eigenvalue weighted by molar-refractivity contribution is 8.18. The van der Waals surface area contributed by atoms with E-state index >= 15 is 0 Å². The smallest absolute Gasteiger partial charge is 0.294 e. The molecule has 6 nitrogen and oxygen atoms in total. The van der Waals surface area contributed by atoms with Crippen molar-refractivity contribution in [2.24, 2.45) is 0 Å². The number of ether oxygens (including phenoxy) is 1. The van der Waals surface area contributed by atoms with Gasteiger partial charge in [-0.1, -0.05) is 41.9 Å². The molecule has 0 atom stereocenters. The number of thioether (sulfide) groups is 1. The van der Waals surface area contributed by atoms with Crippen LogP contribution in [0.4, 0.5) is 4.79 Å². The lowest BCUT2D eigenvalue weighted by Gasteiger charge is -2.18. The van der Waals surface area contributed by atoms with Crippen molar-refractivity contribution in [2.75, 3.05) is 19.6 Å². The number of halogens is 1. The minimum atomic E-state index is -0.449. The summed E-state index contributed by atoms with van der Waals surface area (Å²) >= 11 is 6.76. The van der Waals surface area contributed by atoms with E-state index in [1.807, 2.05) is 36.4 Å². The molecule has 2 aliphatic heterocycles. The second kappa shape index (κ2) is 9.58. The van der Waals surface area contributed by atoms with Gasteiger partial charge in [-0.15, -0.1) is 0 Å². The van der Waals surface area contributed by atoms with Crippen LogP contribution >= 0.6 is 23.4 Å². The number of rotatable bonds is 6. The molecule has 160 valence electrons. The molecule has 4 rings (SSSR count). The fraction of sp³-hybridized carbons (Fsp3) is 0.261. The number of amides is 3. The topological polar surface area (TPSA) is 66.9 Å². The molecule has 8 heteroatoms. The van der Waals surface area contributed by atoms with Crippen LogP contribution in [0.15, 0.2) is 53.4 Å². The third-order valence-electron chi connectivity index (χ3n) is 5.14. The van der Waals surface area contributed by atoms with Gasteiger partial charge in [0, 0.05) is 23.7 Å². The van der Waals surface area contributed by atoms with Crippen molar-refractivity contribution >= 4 is 46.5 Å². The van der Waals surface area contributed by atoms with Crippen molar-refractivity contribution in [2.45, 2.75) is 19.4 Å². The molecule has 2 saturated heterocycles. The number of imide groups is 1. The highest BCUT2D eigenvalue weighted by Crippen LogP contribution is 2.34. The molecule has 0 aliphatic carbocycles. The van der Waals surface area contributed by atoms with Crippen molar-refractivity contribution in [1.29, 1.82) is 0 Å². The lowest BCUT2D eigenvalue weighted by atomic mass is 10.1. The first-order valence-corrected chi connectivity index (χ1v) is 11.2. The fourth-order valence-corrected chi connectivity index (χ4v) is 4.41. The quantitative estimate of drug-likeness (QED) is 0.595. The zero-order valence-corrected chi connectivity index (χ0v) is 18.3. The Hall–Kier alpha value is -2.77. The largest absolute Gasteiger partial charge is 0.488 e. The Kier molecular flexibility index (Phi) is 6.63. The first-order valence-electron chi connectivity index (χ1n) is 10.0. The molecule has 0 aromatic heterocycles. The minimum Gasteiger partial charge on any atom is -0.488 e. The van der Waals surface area contributed by atoms with Crippen molar-refractivity contribution in [3.8, 4) is 5.75 Å². The van der Waals surface area contributed by atoms with E-state index in [9.17, 15) is 14.4 Å². The summed E-state index contributed by atoms with van der Waals surface area (Å²) in [4.78, 5) is 40.5. The summed E-state index contributed by atoms with van der Waals surface area (Å²) in [6, 6.07) is 14.7. The van der Waals surface area contributed by atoms with Crippen LogP contribution in [-0.4, -0.2) is 46.5 Å². The first kappa shape index (κ1) is 21.5. The SMILES string of the molecule is O=C(CN1C(=O)S/C(=C/c2ccccc2OCc2ccc(Cl)cc2)C1=O)N1CCCC1. The van der Waals surface area contributed by atoms with Crippen LogP contribution in [0.5, 0.6) is 5.75 Å². The predicted octanol–water partition coefficient (Wildman–Crippen LogP) is 4.58. The molecular weight excluding hydrogens is 436 g/mol. The highest BCUT2D eigenvalue weighted by atomic mass is 35.5. The highest BCUT2D eigenvalue weighted by Gasteiger charge is 2.37. The minimum absolute atomic E-state index is 0.187. The van der Waals surface area contributed by atoms with E-state index in [-0.39, 0.29) is 17.4 Å². The molecule has 3 amide bonds. The molecule has 0 spiro atoms. The Bertz CT molecular complexity index is 1030. The van der Waals surface area contributed by atoms with Gasteiger partial charge < -0.3 is 9.64 Å². The van der Waals surface area contributed by atoms with E-state index in [0.717, 1.165) is 35.1 Å². The number of carbonyl (C=O) groups excluding carboxylic acids is 3. The van der Waals surface area contributed by atoms with Crippen LogP contribution in [0.3, 0.4) is 0 Å². The number of hydrogen-bond acceptors (Lipinski definition) is 5. The third kappa shape index (κ3) is 5.11. The molecule has 2 aromatic carbocycles. The molecule has 0 unspecified atom stereocenters. The standard InChI is InChI=1S/C23H21ClN2O4S/c24-18-9-7-16(8-10-18)15-30-19-6-2-1-5-17(19)13-20-22(28)26(23(29)31-20)14-21(27)25-11-3-4-12-25/h1-2,5-10,13H,3-4,11-12,14-15H2/b20-13+. The van der Waals surface area contributed by atoms with Gasteiger partial charge in [-0.05, 0) is 54.4 Å². The monoisotopic (exact) mass is 456 g/mol. The Morgan fingerprint density at radius 2 is 1.77 bits per heavy atom. The van der Waals surface area contributed by atoms with E-state index in [0.29, 0.717) is 36.0 Å². The zero-order chi connectivity index (χ0) is 21.8. The summed E-state index contributed by atoms with van der Waals surface area (Å²) in [6.07, 6.45) is 3.56. The van der Waals surface area contributed by atoms with Gasteiger partial charge in [0.2, 0.25) is 5.91 Å². The van der Waals surface area contributed by atoms with Gasteiger partial charge in [-0.3, -0.25) is 19.3 Å². The van der Waals surface area contributed by atoms with Crippen molar-refractivity contribution in [3.05, 3.63) is 69.6 Å². The van der Waals surface area contributed by atoms with Gasteiger partial charge in [-0.2, -0.15) is 0 Å². The van der Waals surface area contributed by atoms with E-state index < -0.39 is 11.1 Å². The van der Waals surface area contributed by atoms with E-state index in [1.54, 1.807) is 23.1 Å². The molecule has 0 N–H and O–H groups in total. The summed E-state index contributed by atoms with van der Waals surface area (Å²) < 4.78 is 5.93. The maximum Gasteiger partial charge on any atom is 0.294 e. The summed E-state index contributed by atoms with van der Waals surface area (Å²) in [7, 11) is 0. The molecule has 0 saturated carbocycles. The number of para-hydroxylation sites is 1. The Balaban J connectivity index is 1.46. The van der Waals surface area contributed by atoms with Crippen LogP contribution in [-0.2, 0) is 16.2 Å². The van der Waals surface area contributed by atoms with Gasteiger partial charge in [0.25, 0.3) is 11.1 Å². The zero-order valence-electron chi connectivity index (χ0n) is 16.8. The lowest BCUT2D eigenvalue weighted by Crippen LogP contribution is -2.40. The van der Waals surface area contributed by atoms with Gasteiger partial charge in [0.05, 0.1) is 4.91 Å². The number of carbonyl (C=O) groups is 3. The molecule has 0 radical (unpaired) electrons. The van der Waals surface area contributed by atoms with Crippen LogP contribution in [0.25, 0.3) is 6.08 Å². The number of nitrogens with zero attached hydrogens (tertiary/aromatic N) is 2. The van der Waals surface area contributed by atoms with Gasteiger partial charge >= 0.3 is 0 Å². The van der Waals surface area contributed by atoms with Crippen LogP contribution in [0, 0.1) is 0 Å². The van der Waals surface area contributed by atoms with Crippen LogP contribution in [0.1, 0.15) is 24.0 Å². The molecule has 31 heavy (non-hydrogen) atoms. The van der Waals surface area contributed by atoms with Crippen molar-refractivity contribution in [1.82, 2.24) is 9.80 Å². The Morgan fingerprint density at radius 3 is 2.52 bits per heavy atom. The van der Waals surface area contributed by atoms with Gasteiger partial charge in [0.1, 0.15) is 18.9 Å².